The predicted octanol–water partition coefficient (Wildman–Crippen LogP) is 1.92. The number of carbonyl (C=O) groups excluding carboxylic acids is 2. The summed E-state index contributed by atoms with van der Waals surface area (Å²) in [6.45, 7) is 5.55. The van der Waals surface area contributed by atoms with E-state index in [9.17, 15) is 9.59 Å². The second-order valence-corrected chi connectivity index (χ2v) is 7.83. The molecule has 0 atom stereocenters. The van der Waals surface area contributed by atoms with Gasteiger partial charge in [0, 0.05) is 39.8 Å². The Kier molecular flexibility index (Phi) is 8.42. The number of guanidine groups is 1. The molecule has 0 bridgehead atoms. The van der Waals surface area contributed by atoms with Gasteiger partial charge in [-0.05, 0) is 38.3 Å². The summed E-state index contributed by atoms with van der Waals surface area (Å²) in [6, 6.07) is 3.69. The quantitative estimate of drug-likeness (QED) is 0.456. The third-order valence-electron chi connectivity index (χ3n) is 5.13. The van der Waals surface area contributed by atoms with Crippen molar-refractivity contribution in [2.24, 2.45) is 10.4 Å². The van der Waals surface area contributed by atoms with Crippen molar-refractivity contribution in [3.8, 4) is 0 Å². The van der Waals surface area contributed by atoms with E-state index in [0.717, 1.165) is 31.2 Å². The molecule has 0 aliphatic heterocycles. The first-order valence-electron chi connectivity index (χ1n) is 10.3. The standard InChI is InChI=1S/C21H34N6O2/c1-5-22-20(25-15-21(11-6-7-12-21)19(29)27(3)4)23-13-10-18(28)26-17-9-8-16(2)14-24-17/h8-9,14H,5-7,10-13,15H2,1-4H3,(H2,22,23,25)(H,24,26,28). The Bertz CT molecular complexity index is 708. The van der Waals surface area contributed by atoms with Crippen LogP contribution >= 0.6 is 0 Å². The number of hydrogen-bond acceptors (Lipinski definition) is 4. The van der Waals surface area contributed by atoms with Crippen LogP contribution in [0.4, 0.5) is 5.82 Å². The SMILES string of the molecule is CCNC(=NCC1(C(=O)N(C)C)CCCC1)NCCC(=O)Nc1ccc(C)cn1. The first kappa shape index (κ1) is 22.6. The third kappa shape index (κ3) is 6.73. The highest BCUT2D eigenvalue weighted by Gasteiger charge is 2.42. The first-order chi connectivity index (χ1) is 13.9. The van der Waals surface area contributed by atoms with E-state index in [4.69, 9.17) is 0 Å². The molecule has 0 unspecified atom stereocenters. The molecule has 1 aromatic heterocycles. The molecule has 8 heteroatoms. The van der Waals surface area contributed by atoms with Crippen molar-refractivity contribution >= 4 is 23.6 Å². The Labute approximate surface area is 173 Å². The monoisotopic (exact) mass is 402 g/mol. The minimum absolute atomic E-state index is 0.111. The van der Waals surface area contributed by atoms with Gasteiger partial charge in [-0.2, -0.15) is 0 Å². The van der Waals surface area contributed by atoms with Crippen molar-refractivity contribution in [3.63, 3.8) is 0 Å². The highest BCUT2D eigenvalue weighted by atomic mass is 16.2. The topological polar surface area (TPSA) is 98.7 Å². The van der Waals surface area contributed by atoms with Gasteiger partial charge in [0.05, 0.1) is 12.0 Å². The Morgan fingerprint density at radius 2 is 1.93 bits per heavy atom. The van der Waals surface area contributed by atoms with Gasteiger partial charge in [-0.3, -0.25) is 14.6 Å². The molecule has 0 radical (unpaired) electrons. The van der Waals surface area contributed by atoms with E-state index in [2.05, 4.69) is 25.9 Å². The molecule has 0 spiro atoms. The number of pyridine rings is 1. The van der Waals surface area contributed by atoms with Crippen LogP contribution in [0, 0.1) is 12.3 Å². The summed E-state index contributed by atoms with van der Waals surface area (Å²) in [5, 5.41) is 9.16. The molecule has 3 N–H and O–H groups in total. The van der Waals surface area contributed by atoms with Crippen molar-refractivity contribution in [1.82, 2.24) is 20.5 Å². The molecule has 0 aromatic carbocycles. The average molecular weight is 403 g/mol. The summed E-state index contributed by atoms with van der Waals surface area (Å²) >= 11 is 0. The second-order valence-electron chi connectivity index (χ2n) is 7.83. The highest BCUT2D eigenvalue weighted by molar-refractivity contribution is 5.90. The Morgan fingerprint density at radius 3 is 2.52 bits per heavy atom. The Hall–Kier alpha value is -2.64. The minimum Gasteiger partial charge on any atom is -0.357 e. The first-order valence-corrected chi connectivity index (χ1v) is 10.3. The maximum Gasteiger partial charge on any atom is 0.230 e. The molecule has 1 saturated carbocycles. The number of aromatic nitrogens is 1. The van der Waals surface area contributed by atoms with Crippen molar-refractivity contribution < 1.29 is 9.59 Å². The fourth-order valence-corrected chi connectivity index (χ4v) is 3.58. The number of rotatable bonds is 8. The lowest BCUT2D eigenvalue weighted by Crippen LogP contribution is -2.43. The van der Waals surface area contributed by atoms with E-state index in [1.807, 2.05) is 19.9 Å². The van der Waals surface area contributed by atoms with Gasteiger partial charge in [0.15, 0.2) is 5.96 Å². The van der Waals surface area contributed by atoms with Crippen molar-refractivity contribution in [1.29, 1.82) is 0 Å². The fourth-order valence-electron chi connectivity index (χ4n) is 3.58. The third-order valence-corrected chi connectivity index (χ3v) is 5.13. The van der Waals surface area contributed by atoms with Gasteiger partial charge in [0.1, 0.15) is 5.82 Å². The molecule has 1 aromatic rings. The average Bonchev–Trinajstić information content (AvgIpc) is 3.17. The maximum absolute atomic E-state index is 12.7. The van der Waals surface area contributed by atoms with Crippen molar-refractivity contribution in [3.05, 3.63) is 23.9 Å². The number of aliphatic imine (C=N–C) groups is 1. The van der Waals surface area contributed by atoms with E-state index >= 15 is 0 Å². The molecule has 1 aliphatic rings. The summed E-state index contributed by atoms with van der Waals surface area (Å²) in [6.07, 6.45) is 5.88. The van der Waals surface area contributed by atoms with Crippen LogP contribution in [-0.2, 0) is 9.59 Å². The summed E-state index contributed by atoms with van der Waals surface area (Å²) < 4.78 is 0. The molecule has 0 saturated heterocycles. The van der Waals surface area contributed by atoms with Crippen LogP contribution in [0.3, 0.4) is 0 Å². The van der Waals surface area contributed by atoms with Gasteiger partial charge < -0.3 is 20.9 Å². The van der Waals surface area contributed by atoms with Crippen molar-refractivity contribution in [2.75, 3.05) is 39.0 Å². The molecule has 160 valence electrons. The number of nitrogens with one attached hydrogen (secondary N) is 3. The van der Waals surface area contributed by atoms with E-state index in [-0.39, 0.29) is 11.8 Å². The van der Waals surface area contributed by atoms with E-state index in [1.54, 1.807) is 31.3 Å². The normalized spacial score (nSPS) is 15.7. The van der Waals surface area contributed by atoms with Crippen LogP contribution in [0.2, 0.25) is 0 Å². The number of carbonyl (C=O) groups is 2. The zero-order valence-electron chi connectivity index (χ0n) is 18.0. The van der Waals surface area contributed by atoms with E-state index in [1.165, 1.54) is 0 Å². The minimum atomic E-state index is -0.402. The van der Waals surface area contributed by atoms with Crippen LogP contribution in [0.25, 0.3) is 0 Å². The van der Waals surface area contributed by atoms with Gasteiger partial charge in [-0.15, -0.1) is 0 Å². The molecule has 2 rings (SSSR count). The largest absolute Gasteiger partial charge is 0.357 e. The molecular weight excluding hydrogens is 368 g/mol. The molecule has 29 heavy (non-hydrogen) atoms. The van der Waals surface area contributed by atoms with Crippen molar-refractivity contribution in [2.45, 2.75) is 46.0 Å². The van der Waals surface area contributed by atoms with Gasteiger partial charge in [0.2, 0.25) is 11.8 Å². The van der Waals surface area contributed by atoms with E-state index < -0.39 is 5.41 Å². The smallest absolute Gasteiger partial charge is 0.230 e. The highest BCUT2D eigenvalue weighted by Crippen LogP contribution is 2.39. The van der Waals surface area contributed by atoms with Crippen LogP contribution in [0.5, 0.6) is 0 Å². The van der Waals surface area contributed by atoms with Crippen LogP contribution < -0.4 is 16.0 Å². The van der Waals surface area contributed by atoms with Gasteiger partial charge in [-0.1, -0.05) is 18.9 Å². The van der Waals surface area contributed by atoms with Crippen LogP contribution in [0.1, 0.15) is 44.6 Å². The summed E-state index contributed by atoms with van der Waals surface area (Å²) in [5.41, 5.74) is 0.643. The van der Waals surface area contributed by atoms with E-state index in [0.29, 0.717) is 37.8 Å². The number of anilines is 1. The maximum atomic E-state index is 12.7. The van der Waals surface area contributed by atoms with Gasteiger partial charge in [-0.25, -0.2) is 4.98 Å². The molecule has 1 aliphatic carbocycles. The molecular formula is C21H34N6O2. The number of nitrogens with zero attached hydrogens (tertiary/aromatic N) is 3. The lowest BCUT2D eigenvalue weighted by molar-refractivity contribution is -0.138. The Balaban J connectivity index is 1.89. The predicted molar refractivity (Wildman–Crippen MR) is 116 cm³/mol. The lowest BCUT2D eigenvalue weighted by atomic mass is 9.85. The molecule has 2 amide bonds. The molecule has 8 nitrogen and oxygen atoms in total. The van der Waals surface area contributed by atoms with Gasteiger partial charge in [0.25, 0.3) is 0 Å². The number of amides is 2. The zero-order chi connectivity index (χ0) is 21.3. The van der Waals surface area contributed by atoms with Gasteiger partial charge >= 0.3 is 0 Å². The fraction of sp³-hybridized carbons (Fsp3) is 0.619. The van der Waals surface area contributed by atoms with Crippen LogP contribution in [0.15, 0.2) is 23.3 Å². The second kappa shape index (κ2) is 10.8. The molecule has 1 fully saturated rings. The van der Waals surface area contributed by atoms with Crippen LogP contribution in [-0.4, -0.2) is 61.4 Å². The summed E-state index contributed by atoms with van der Waals surface area (Å²) in [7, 11) is 3.61. The Morgan fingerprint density at radius 1 is 1.21 bits per heavy atom. The number of hydrogen-bond donors (Lipinski definition) is 3. The number of aryl methyl sites for hydroxylation is 1. The summed E-state index contributed by atoms with van der Waals surface area (Å²) in [4.78, 5) is 35.3. The summed E-state index contributed by atoms with van der Waals surface area (Å²) in [5.74, 6) is 1.22. The molecule has 1 heterocycles. The lowest BCUT2D eigenvalue weighted by Gasteiger charge is -2.29. The zero-order valence-corrected chi connectivity index (χ0v) is 18.0.